The molecule has 9 nitrogen and oxygen atoms in total. The van der Waals surface area contributed by atoms with Crippen LogP contribution in [0.5, 0.6) is 5.75 Å². The topological polar surface area (TPSA) is 102 Å². The van der Waals surface area contributed by atoms with Crippen molar-refractivity contribution in [2.75, 3.05) is 24.4 Å². The van der Waals surface area contributed by atoms with Crippen LogP contribution in [-0.4, -0.2) is 45.9 Å². The molecular weight excluding hydrogens is 476 g/mol. The third-order valence-corrected chi connectivity index (χ3v) is 6.36. The molecule has 10 heteroatoms. The van der Waals surface area contributed by atoms with E-state index in [-0.39, 0.29) is 11.8 Å². The standard InChI is InChI=1S/C26H22N6O3S/c1-31(19-11-13-20(35-2)14-12-19)25(34)18-9-7-17(8-10-18)15-32-22-6-4-3-5-21(22)23(30-32)24(33)28-26-29-27-16-36-26/h3-14,16H,15H2,1-2H3,(H,28,29,33). The van der Waals surface area contributed by atoms with E-state index in [1.165, 1.54) is 11.3 Å². The number of hydrogen-bond acceptors (Lipinski definition) is 7. The van der Waals surface area contributed by atoms with E-state index in [1.807, 2.05) is 60.7 Å². The van der Waals surface area contributed by atoms with Gasteiger partial charge in [-0.05, 0) is 48.0 Å². The minimum Gasteiger partial charge on any atom is -0.497 e. The highest BCUT2D eigenvalue weighted by molar-refractivity contribution is 7.13. The van der Waals surface area contributed by atoms with Crippen LogP contribution >= 0.6 is 11.3 Å². The van der Waals surface area contributed by atoms with E-state index in [1.54, 1.807) is 41.4 Å². The van der Waals surface area contributed by atoms with Crippen molar-refractivity contribution >= 4 is 44.9 Å². The molecule has 0 spiro atoms. The lowest BCUT2D eigenvalue weighted by Gasteiger charge is -2.18. The summed E-state index contributed by atoms with van der Waals surface area (Å²) in [5, 5.41) is 16.1. The second kappa shape index (κ2) is 9.96. The summed E-state index contributed by atoms with van der Waals surface area (Å²) in [7, 11) is 3.34. The summed E-state index contributed by atoms with van der Waals surface area (Å²) in [6, 6.07) is 22.3. The van der Waals surface area contributed by atoms with Gasteiger partial charge in [-0.2, -0.15) is 5.10 Å². The number of ether oxygens (including phenoxy) is 1. The fraction of sp³-hybridized carbons (Fsp3) is 0.115. The molecule has 0 bridgehead atoms. The molecule has 0 fully saturated rings. The number of amides is 2. The molecule has 36 heavy (non-hydrogen) atoms. The van der Waals surface area contributed by atoms with Gasteiger partial charge in [-0.15, -0.1) is 10.2 Å². The predicted molar refractivity (Wildman–Crippen MR) is 139 cm³/mol. The van der Waals surface area contributed by atoms with Gasteiger partial charge in [0.15, 0.2) is 5.69 Å². The molecule has 5 aromatic rings. The number of anilines is 2. The number of para-hydroxylation sites is 1. The van der Waals surface area contributed by atoms with Crippen LogP contribution in [0.25, 0.3) is 10.9 Å². The summed E-state index contributed by atoms with van der Waals surface area (Å²) in [5.74, 6) is 0.270. The van der Waals surface area contributed by atoms with Gasteiger partial charge in [0, 0.05) is 23.7 Å². The quantitative estimate of drug-likeness (QED) is 0.355. The number of carbonyl (C=O) groups excluding carboxylic acids is 2. The maximum Gasteiger partial charge on any atom is 0.278 e. The third-order valence-electron chi connectivity index (χ3n) is 5.75. The zero-order valence-electron chi connectivity index (χ0n) is 19.6. The maximum atomic E-state index is 13.0. The Morgan fingerprint density at radius 1 is 1.03 bits per heavy atom. The van der Waals surface area contributed by atoms with Crippen LogP contribution in [0.4, 0.5) is 10.8 Å². The van der Waals surface area contributed by atoms with E-state index in [4.69, 9.17) is 4.74 Å². The first kappa shape index (κ1) is 23.2. The van der Waals surface area contributed by atoms with Gasteiger partial charge in [-0.1, -0.05) is 41.7 Å². The fourth-order valence-electron chi connectivity index (χ4n) is 3.84. The van der Waals surface area contributed by atoms with Crippen molar-refractivity contribution in [2.24, 2.45) is 0 Å². The van der Waals surface area contributed by atoms with Gasteiger partial charge in [0.2, 0.25) is 5.13 Å². The van der Waals surface area contributed by atoms with Crippen LogP contribution in [0.2, 0.25) is 0 Å². The molecule has 5 rings (SSSR count). The van der Waals surface area contributed by atoms with Gasteiger partial charge in [0.1, 0.15) is 11.3 Å². The molecule has 0 radical (unpaired) electrons. The molecule has 0 aliphatic rings. The Kier molecular flexibility index (Phi) is 6.42. The minimum absolute atomic E-state index is 0.119. The fourth-order valence-corrected chi connectivity index (χ4v) is 4.28. The van der Waals surface area contributed by atoms with Gasteiger partial charge in [0.05, 0.1) is 19.2 Å². The van der Waals surface area contributed by atoms with E-state index < -0.39 is 0 Å². The number of carbonyl (C=O) groups is 2. The maximum absolute atomic E-state index is 13.0. The average Bonchev–Trinajstić information content (AvgIpc) is 3.56. The van der Waals surface area contributed by atoms with Crippen LogP contribution in [0.1, 0.15) is 26.4 Å². The molecule has 2 aromatic heterocycles. The smallest absolute Gasteiger partial charge is 0.278 e. The highest BCUT2D eigenvalue weighted by atomic mass is 32.1. The largest absolute Gasteiger partial charge is 0.497 e. The Labute approximate surface area is 211 Å². The van der Waals surface area contributed by atoms with Crippen molar-refractivity contribution in [1.29, 1.82) is 0 Å². The molecular formula is C26H22N6O3S. The second-order valence-corrected chi connectivity index (χ2v) is 8.81. The number of fused-ring (bicyclic) bond motifs is 1. The van der Waals surface area contributed by atoms with Crippen LogP contribution in [0.15, 0.2) is 78.3 Å². The molecule has 3 aromatic carbocycles. The van der Waals surface area contributed by atoms with Gasteiger partial charge >= 0.3 is 0 Å². The lowest BCUT2D eigenvalue weighted by molar-refractivity contribution is 0.0990. The molecule has 0 saturated heterocycles. The Morgan fingerprint density at radius 2 is 1.78 bits per heavy atom. The zero-order valence-corrected chi connectivity index (χ0v) is 20.4. The highest BCUT2D eigenvalue weighted by Crippen LogP contribution is 2.23. The van der Waals surface area contributed by atoms with Crippen molar-refractivity contribution in [3.05, 3.63) is 95.1 Å². The number of methoxy groups -OCH3 is 1. The number of nitrogens with zero attached hydrogens (tertiary/aromatic N) is 5. The molecule has 0 atom stereocenters. The third kappa shape index (κ3) is 4.66. The van der Waals surface area contributed by atoms with Crippen molar-refractivity contribution in [3.8, 4) is 5.75 Å². The van der Waals surface area contributed by atoms with Gasteiger partial charge in [0.25, 0.3) is 11.8 Å². The molecule has 2 amide bonds. The Bertz CT molecular complexity index is 1510. The normalized spacial score (nSPS) is 10.8. The first-order valence-corrected chi connectivity index (χ1v) is 12.0. The molecule has 2 heterocycles. The predicted octanol–water partition coefficient (Wildman–Crippen LogP) is 4.47. The summed E-state index contributed by atoms with van der Waals surface area (Å²) in [5.41, 5.74) is 4.98. The van der Waals surface area contributed by atoms with E-state index in [0.29, 0.717) is 22.9 Å². The molecule has 180 valence electrons. The highest BCUT2D eigenvalue weighted by Gasteiger charge is 2.19. The van der Waals surface area contributed by atoms with E-state index in [0.717, 1.165) is 27.9 Å². The first-order chi connectivity index (χ1) is 17.5. The van der Waals surface area contributed by atoms with Crippen LogP contribution in [0, 0.1) is 0 Å². The summed E-state index contributed by atoms with van der Waals surface area (Å²) in [6.45, 7) is 0.440. The molecule has 0 saturated carbocycles. The Morgan fingerprint density at radius 3 is 2.47 bits per heavy atom. The number of nitrogens with one attached hydrogen (secondary N) is 1. The lowest BCUT2D eigenvalue weighted by Crippen LogP contribution is -2.26. The summed E-state index contributed by atoms with van der Waals surface area (Å²) in [4.78, 5) is 27.4. The number of hydrogen-bond donors (Lipinski definition) is 1. The van der Waals surface area contributed by atoms with Crippen molar-refractivity contribution < 1.29 is 14.3 Å². The van der Waals surface area contributed by atoms with Crippen molar-refractivity contribution in [1.82, 2.24) is 20.0 Å². The lowest BCUT2D eigenvalue weighted by atomic mass is 10.1. The van der Waals surface area contributed by atoms with E-state index in [2.05, 4.69) is 20.6 Å². The van der Waals surface area contributed by atoms with Gasteiger partial charge in [-0.25, -0.2) is 0 Å². The summed E-state index contributed by atoms with van der Waals surface area (Å²) < 4.78 is 6.97. The van der Waals surface area contributed by atoms with E-state index in [9.17, 15) is 9.59 Å². The number of aromatic nitrogens is 4. The van der Waals surface area contributed by atoms with Crippen LogP contribution < -0.4 is 15.0 Å². The van der Waals surface area contributed by atoms with Crippen molar-refractivity contribution in [2.45, 2.75) is 6.54 Å². The minimum atomic E-state index is -0.343. The Balaban J connectivity index is 1.34. The van der Waals surface area contributed by atoms with Gasteiger partial charge in [-0.3, -0.25) is 19.6 Å². The molecule has 0 unspecified atom stereocenters. The second-order valence-electron chi connectivity index (χ2n) is 7.98. The van der Waals surface area contributed by atoms with Crippen LogP contribution in [-0.2, 0) is 6.54 Å². The SMILES string of the molecule is COc1ccc(N(C)C(=O)c2ccc(Cn3nc(C(=O)Nc4nncs4)c4ccccc43)cc2)cc1. The molecule has 0 aliphatic carbocycles. The molecule has 0 aliphatic heterocycles. The summed E-state index contributed by atoms with van der Waals surface area (Å²) >= 11 is 1.24. The van der Waals surface area contributed by atoms with E-state index >= 15 is 0 Å². The average molecular weight is 499 g/mol. The number of benzene rings is 3. The van der Waals surface area contributed by atoms with Crippen molar-refractivity contribution in [3.63, 3.8) is 0 Å². The first-order valence-electron chi connectivity index (χ1n) is 11.1. The van der Waals surface area contributed by atoms with Gasteiger partial charge < -0.3 is 9.64 Å². The number of rotatable bonds is 7. The molecule has 1 N–H and O–H groups in total. The Hall–Kier alpha value is -4.57. The monoisotopic (exact) mass is 498 g/mol. The zero-order chi connectivity index (χ0) is 25.1. The van der Waals surface area contributed by atoms with Crippen LogP contribution in [0.3, 0.4) is 0 Å². The summed E-state index contributed by atoms with van der Waals surface area (Å²) in [6.07, 6.45) is 0.